The molecule has 2 rings (SSSR count). The standard InChI is InChI=1S/C29H42N4O12/c1-43-24(34)10-7-21(27(37)38)31-13-15-32(22(28(39)40)8-11-25(35)44-2)17-19-5-4-6-20(30-19)18-33(16-14-31)23(29(41)42)9-12-26(36)45-3/h4-6,21-23H,7-18H2,1-3H3,(H,37,38)(H,39,40)(H,41,42). The van der Waals surface area contributed by atoms with E-state index in [1.807, 2.05) is 0 Å². The van der Waals surface area contributed by atoms with Gasteiger partial charge in [-0.1, -0.05) is 6.07 Å². The van der Waals surface area contributed by atoms with Crippen molar-refractivity contribution in [3.05, 3.63) is 29.6 Å². The van der Waals surface area contributed by atoms with Gasteiger partial charge in [-0.2, -0.15) is 0 Å². The first-order valence-electron chi connectivity index (χ1n) is 14.5. The van der Waals surface area contributed by atoms with Crippen LogP contribution in [0.2, 0.25) is 0 Å². The number of fused-ring (bicyclic) bond motifs is 2. The number of carboxylic acid groups (broad SMARTS) is 3. The van der Waals surface area contributed by atoms with Crippen LogP contribution in [0.25, 0.3) is 0 Å². The first-order valence-corrected chi connectivity index (χ1v) is 14.5. The van der Waals surface area contributed by atoms with Crippen LogP contribution in [0.15, 0.2) is 18.2 Å². The Labute approximate surface area is 260 Å². The first kappa shape index (κ1) is 37.0. The zero-order valence-corrected chi connectivity index (χ0v) is 25.8. The van der Waals surface area contributed by atoms with Gasteiger partial charge < -0.3 is 29.5 Å². The van der Waals surface area contributed by atoms with Gasteiger partial charge >= 0.3 is 35.8 Å². The minimum atomic E-state index is -1.23. The fourth-order valence-corrected chi connectivity index (χ4v) is 5.21. The van der Waals surface area contributed by atoms with Crippen LogP contribution in [-0.4, -0.2) is 136 Å². The minimum Gasteiger partial charge on any atom is -0.480 e. The zero-order chi connectivity index (χ0) is 33.5. The van der Waals surface area contributed by atoms with Crippen LogP contribution in [0, 0.1) is 0 Å². The van der Waals surface area contributed by atoms with E-state index >= 15 is 0 Å². The molecule has 0 saturated heterocycles. The third-order valence-corrected chi connectivity index (χ3v) is 7.67. The third kappa shape index (κ3) is 12.0. The molecule has 16 nitrogen and oxygen atoms in total. The van der Waals surface area contributed by atoms with Gasteiger partial charge in [-0.3, -0.25) is 48.5 Å². The van der Waals surface area contributed by atoms with Crippen molar-refractivity contribution in [1.29, 1.82) is 0 Å². The van der Waals surface area contributed by atoms with E-state index in [1.54, 1.807) is 32.9 Å². The number of aliphatic carboxylic acids is 3. The Morgan fingerprint density at radius 1 is 0.622 bits per heavy atom. The van der Waals surface area contributed by atoms with E-state index < -0.39 is 53.9 Å². The molecule has 1 aromatic heterocycles. The first-order chi connectivity index (χ1) is 21.4. The van der Waals surface area contributed by atoms with Gasteiger partial charge in [0.05, 0.1) is 32.7 Å². The van der Waals surface area contributed by atoms with Gasteiger partial charge in [0.2, 0.25) is 0 Å². The van der Waals surface area contributed by atoms with Gasteiger partial charge in [-0.25, -0.2) is 0 Å². The average Bonchev–Trinajstić information content (AvgIpc) is 3.00. The summed E-state index contributed by atoms with van der Waals surface area (Å²) in [6.45, 7) is 0.184. The molecular weight excluding hydrogens is 596 g/mol. The second-order valence-corrected chi connectivity index (χ2v) is 10.5. The van der Waals surface area contributed by atoms with E-state index in [1.165, 1.54) is 21.3 Å². The monoisotopic (exact) mass is 638 g/mol. The maximum Gasteiger partial charge on any atom is 0.320 e. The van der Waals surface area contributed by atoms with Crippen molar-refractivity contribution in [2.75, 3.05) is 47.5 Å². The molecule has 45 heavy (non-hydrogen) atoms. The zero-order valence-electron chi connectivity index (χ0n) is 25.8. The molecule has 1 aliphatic rings. The van der Waals surface area contributed by atoms with Gasteiger partial charge in [0.1, 0.15) is 18.1 Å². The highest BCUT2D eigenvalue weighted by atomic mass is 16.5. The Morgan fingerprint density at radius 2 is 0.933 bits per heavy atom. The van der Waals surface area contributed by atoms with Crippen molar-refractivity contribution in [1.82, 2.24) is 19.7 Å². The number of rotatable bonds is 15. The fourth-order valence-electron chi connectivity index (χ4n) is 5.21. The number of nitrogens with zero attached hydrogens (tertiary/aromatic N) is 4. The van der Waals surface area contributed by atoms with Crippen molar-refractivity contribution in [3.8, 4) is 0 Å². The lowest BCUT2D eigenvalue weighted by molar-refractivity contribution is -0.149. The molecule has 0 spiro atoms. The lowest BCUT2D eigenvalue weighted by Crippen LogP contribution is -2.52. The predicted molar refractivity (Wildman–Crippen MR) is 155 cm³/mol. The number of esters is 3. The largest absolute Gasteiger partial charge is 0.480 e. The molecule has 0 aromatic carbocycles. The Hall–Kier alpha value is -4.15. The molecular formula is C29H42N4O12. The molecule has 3 atom stereocenters. The number of carboxylic acids is 3. The second-order valence-electron chi connectivity index (χ2n) is 10.5. The predicted octanol–water partition coefficient (Wildman–Crippen LogP) is 0.220. The molecule has 0 fully saturated rings. The molecule has 0 radical (unpaired) electrons. The molecule has 250 valence electrons. The van der Waals surface area contributed by atoms with Gasteiger partial charge in [-0.15, -0.1) is 0 Å². The van der Waals surface area contributed by atoms with Crippen LogP contribution < -0.4 is 0 Å². The third-order valence-electron chi connectivity index (χ3n) is 7.67. The van der Waals surface area contributed by atoms with Gasteiger partial charge in [0, 0.05) is 58.5 Å². The van der Waals surface area contributed by atoms with E-state index in [4.69, 9.17) is 0 Å². The fraction of sp³-hybridized carbons (Fsp3) is 0.621. The van der Waals surface area contributed by atoms with Gasteiger partial charge in [0.25, 0.3) is 0 Å². The van der Waals surface area contributed by atoms with E-state index in [-0.39, 0.29) is 77.8 Å². The molecule has 0 aliphatic carbocycles. The van der Waals surface area contributed by atoms with Crippen LogP contribution in [-0.2, 0) is 56.1 Å². The van der Waals surface area contributed by atoms with E-state index in [9.17, 15) is 44.1 Å². The van der Waals surface area contributed by atoms with Crippen LogP contribution in [0.4, 0.5) is 0 Å². The van der Waals surface area contributed by atoms with Gasteiger partial charge in [0.15, 0.2) is 0 Å². The van der Waals surface area contributed by atoms with Crippen molar-refractivity contribution in [3.63, 3.8) is 0 Å². The Balaban J connectivity index is 2.55. The van der Waals surface area contributed by atoms with Crippen LogP contribution in [0.3, 0.4) is 0 Å². The highest BCUT2D eigenvalue weighted by Gasteiger charge is 2.33. The van der Waals surface area contributed by atoms with E-state index in [2.05, 4.69) is 19.2 Å². The maximum absolute atomic E-state index is 12.5. The normalized spacial score (nSPS) is 17.0. The molecule has 16 heteroatoms. The number of hydrogen-bond acceptors (Lipinski definition) is 13. The molecule has 1 aromatic rings. The summed E-state index contributed by atoms with van der Waals surface area (Å²) in [5, 5.41) is 30.3. The van der Waals surface area contributed by atoms with Crippen molar-refractivity contribution in [2.24, 2.45) is 0 Å². The average molecular weight is 639 g/mol. The molecule has 2 heterocycles. The summed E-state index contributed by atoms with van der Waals surface area (Å²) >= 11 is 0. The van der Waals surface area contributed by atoms with Crippen LogP contribution >= 0.6 is 0 Å². The number of ether oxygens (including phenoxy) is 3. The number of hydrogen-bond donors (Lipinski definition) is 3. The lowest BCUT2D eigenvalue weighted by atomic mass is 10.1. The summed E-state index contributed by atoms with van der Waals surface area (Å²) in [4.78, 5) is 82.2. The summed E-state index contributed by atoms with van der Waals surface area (Å²) in [6, 6.07) is 1.63. The summed E-state index contributed by atoms with van der Waals surface area (Å²) in [6.07, 6.45) is -0.761. The summed E-state index contributed by atoms with van der Waals surface area (Å²) < 4.78 is 14.0. The van der Waals surface area contributed by atoms with Crippen molar-refractivity contribution in [2.45, 2.75) is 69.7 Å². The summed E-state index contributed by atoms with van der Waals surface area (Å²) in [5.74, 6) is -5.36. The smallest absolute Gasteiger partial charge is 0.320 e. The van der Waals surface area contributed by atoms with Crippen molar-refractivity contribution >= 4 is 35.8 Å². The van der Waals surface area contributed by atoms with Crippen molar-refractivity contribution < 1.29 is 58.3 Å². The Morgan fingerprint density at radius 3 is 1.24 bits per heavy atom. The second kappa shape index (κ2) is 18.6. The number of aromatic nitrogens is 1. The van der Waals surface area contributed by atoms with Crippen LogP contribution in [0.1, 0.15) is 49.9 Å². The molecule has 2 bridgehead atoms. The molecule has 1 aliphatic heterocycles. The highest BCUT2D eigenvalue weighted by molar-refractivity contribution is 5.77. The summed E-state index contributed by atoms with van der Waals surface area (Å²) in [7, 11) is 3.60. The van der Waals surface area contributed by atoms with Gasteiger partial charge in [-0.05, 0) is 31.4 Å². The lowest BCUT2D eigenvalue weighted by Gasteiger charge is -2.36. The number of methoxy groups -OCH3 is 3. The molecule has 0 saturated carbocycles. The SMILES string of the molecule is COC(=O)CCC(C(=O)O)N1CCN(C(CCC(=O)OC)C(=O)O)Cc2cccc(n2)CN(C(CCC(=O)OC)C(=O)O)CC1. The topological polar surface area (TPSA) is 213 Å². The molecule has 3 N–H and O–H groups in total. The highest BCUT2D eigenvalue weighted by Crippen LogP contribution is 2.19. The Bertz CT molecular complexity index is 1130. The maximum atomic E-state index is 12.5. The number of pyridine rings is 1. The summed E-state index contributed by atoms with van der Waals surface area (Å²) in [5.41, 5.74) is 0.955. The Kier molecular flexibility index (Phi) is 15.3. The van der Waals surface area contributed by atoms with Crippen LogP contribution in [0.5, 0.6) is 0 Å². The number of carbonyl (C=O) groups is 6. The minimum absolute atomic E-state index is 0.0214. The quantitative estimate of drug-likeness (QED) is 0.173. The number of carbonyl (C=O) groups excluding carboxylic acids is 3. The molecule has 0 amide bonds. The van der Waals surface area contributed by atoms with E-state index in [0.717, 1.165) is 0 Å². The molecule has 3 unspecified atom stereocenters. The van der Waals surface area contributed by atoms with E-state index in [0.29, 0.717) is 11.4 Å².